The maximum absolute atomic E-state index is 5.74. The zero-order valence-electron chi connectivity index (χ0n) is 18.1. The van der Waals surface area contributed by atoms with Crippen LogP contribution in [-0.2, 0) is 0 Å². The van der Waals surface area contributed by atoms with E-state index < -0.39 is 0 Å². The Hall–Kier alpha value is -3.09. The lowest BCUT2D eigenvalue weighted by Gasteiger charge is -2.21. The Bertz CT molecular complexity index is 810. The molecule has 1 atom stereocenters. The molecule has 0 bridgehead atoms. The molecular formula is C23H32N4O3. The molecule has 7 nitrogen and oxygen atoms in total. The van der Waals surface area contributed by atoms with Gasteiger partial charge in [0.15, 0.2) is 5.96 Å². The van der Waals surface area contributed by atoms with Crippen LogP contribution in [0, 0.1) is 5.92 Å². The summed E-state index contributed by atoms with van der Waals surface area (Å²) in [4.78, 5) is 6.70. The molecule has 2 N–H and O–H groups in total. The number of hydrogen-bond donors (Lipinski definition) is 2. The second kappa shape index (κ2) is 11.2. The Labute approximate surface area is 179 Å². The average molecular weight is 413 g/mol. The minimum absolute atomic E-state index is 0.554. The first kappa shape index (κ1) is 21.6. The molecule has 162 valence electrons. The summed E-state index contributed by atoms with van der Waals surface area (Å²) in [6.07, 6.45) is 1.14. The van der Waals surface area contributed by atoms with Gasteiger partial charge in [0.05, 0.1) is 26.5 Å². The number of para-hydroxylation sites is 2. The van der Waals surface area contributed by atoms with Crippen LogP contribution in [0.5, 0.6) is 17.2 Å². The molecule has 0 saturated carbocycles. The maximum Gasteiger partial charge on any atom is 0.191 e. The van der Waals surface area contributed by atoms with Crippen LogP contribution in [0.4, 0.5) is 5.69 Å². The standard InChI is InChI=1S/C23H32N4O3/c1-24-23(25-13-15-30-20-10-8-19(28-2)9-11-20)26-16-18-12-14-27(17-18)21-6-4-5-7-22(21)29-3/h4-11,18H,12-17H2,1-3H3,(H2,24,25,26). The summed E-state index contributed by atoms with van der Waals surface area (Å²) in [6.45, 7) is 4.14. The fourth-order valence-corrected chi connectivity index (χ4v) is 3.58. The Morgan fingerprint density at radius 3 is 2.53 bits per heavy atom. The van der Waals surface area contributed by atoms with Gasteiger partial charge in [0.1, 0.15) is 23.9 Å². The Morgan fingerprint density at radius 2 is 1.80 bits per heavy atom. The maximum atomic E-state index is 5.74. The lowest BCUT2D eigenvalue weighted by atomic mass is 10.1. The van der Waals surface area contributed by atoms with Gasteiger partial charge in [-0.15, -0.1) is 0 Å². The van der Waals surface area contributed by atoms with Gasteiger partial charge in [-0.1, -0.05) is 12.1 Å². The molecule has 1 saturated heterocycles. The number of nitrogens with zero attached hydrogens (tertiary/aromatic N) is 2. The first-order valence-corrected chi connectivity index (χ1v) is 10.3. The lowest BCUT2D eigenvalue weighted by Crippen LogP contribution is -2.41. The van der Waals surface area contributed by atoms with E-state index in [-0.39, 0.29) is 0 Å². The third-order valence-electron chi connectivity index (χ3n) is 5.22. The van der Waals surface area contributed by atoms with Crippen molar-refractivity contribution in [2.45, 2.75) is 6.42 Å². The molecule has 0 spiro atoms. The molecule has 1 heterocycles. The highest BCUT2D eigenvalue weighted by Gasteiger charge is 2.24. The third kappa shape index (κ3) is 5.95. The van der Waals surface area contributed by atoms with Crippen LogP contribution in [0.15, 0.2) is 53.5 Å². The van der Waals surface area contributed by atoms with Crippen LogP contribution < -0.4 is 29.7 Å². The average Bonchev–Trinajstić information content (AvgIpc) is 3.27. The van der Waals surface area contributed by atoms with Gasteiger partial charge in [-0.25, -0.2) is 0 Å². The van der Waals surface area contributed by atoms with Crippen molar-refractivity contribution >= 4 is 11.6 Å². The summed E-state index contributed by atoms with van der Waals surface area (Å²) in [6, 6.07) is 15.8. The van der Waals surface area contributed by atoms with Gasteiger partial charge in [-0.3, -0.25) is 4.99 Å². The van der Waals surface area contributed by atoms with E-state index in [1.807, 2.05) is 36.4 Å². The third-order valence-corrected chi connectivity index (χ3v) is 5.22. The number of anilines is 1. The minimum Gasteiger partial charge on any atom is -0.497 e. The molecule has 0 amide bonds. The molecule has 3 rings (SSSR count). The normalized spacial score (nSPS) is 16.3. The summed E-state index contributed by atoms with van der Waals surface area (Å²) in [5, 5.41) is 6.74. The number of aliphatic imine (C=N–C) groups is 1. The number of guanidine groups is 1. The largest absolute Gasteiger partial charge is 0.497 e. The van der Waals surface area contributed by atoms with Crippen molar-refractivity contribution in [3.8, 4) is 17.2 Å². The van der Waals surface area contributed by atoms with E-state index in [1.54, 1.807) is 21.3 Å². The molecule has 0 aromatic heterocycles. The predicted molar refractivity (Wildman–Crippen MR) is 121 cm³/mol. The van der Waals surface area contributed by atoms with Gasteiger partial charge in [0.25, 0.3) is 0 Å². The van der Waals surface area contributed by atoms with E-state index in [9.17, 15) is 0 Å². The van der Waals surface area contributed by atoms with Crippen molar-refractivity contribution < 1.29 is 14.2 Å². The molecule has 1 aliphatic heterocycles. The fourth-order valence-electron chi connectivity index (χ4n) is 3.58. The van der Waals surface area contributed by atoms with Crippen LogP contribution in [0.1, 0.15) is 6.42 Å². The van der Waals surface area contributed by atoms with Crippen molar-refractivity contribution in [3.63, 3.8) is 0 Å². The van der Waals surface area contributed by atoms with Gasteiger partial charge in [-0.05, 0) is 48.7 Å². The van der Waals surface area contributed by atoms with E-state index in [4.69, 9.17) is 14.2 Å². The molecule has 2 aromatic carbocycles. The number of ether oxygens (including phenoxy) is 3. The zero-order valence-corrected chi connectivity index (χ0v) is 18.1. The van der Waals surface area contributed by atoms with Crippen LogP contribution >= 0.6 is 0 Å². The van der Waals surface area contributed by atoms with E-state index in [2.05, 4.69) is 32.7 Å². The number of methoxy groups -OCH3 is 2. The van der Waals surface area contributed by atoms with E-state index in [0.717, 1.165) is 49.3 Å². The highest BCUT2D eigenvalue weighted by atomic mass is 16.5. The summed E-state index contributed by atoms with van der Waals surface area (Å²) in [5.41, 5.74) is 1.17. The van der Waals surface area contributed by atoms with E-state index in [0.29, 0.717) is 19.1 Å². The van der Waals surface area contributed by atoms with Gasteiger partial charge >= 0.3 is 0 Å². The van der Waals surface area contributed by atoms with Crippen molar-refractivity contribution in [1.82, 2.24) is 10.6 Å². The van der Waals surface area contributed by atoms with Crippen molar-refractivity contribution in [2.75, 3.05) is 59.0 Å². The van der Waals surface area contributed by atoms with Gasteiger partial charge in [0.2, 0.25) is 0 Å². The van der Waals surface area contributed by atoms with Crippen LogP contribution in [0.25, 0.3) is 0 Å². The second-order valence-corrected chi connectivity index (χ2v) is 7.18. The lowest BCUT2D eigenvalue weighted by molar-refractivity contribution is 0.321. The van der Waals surface area contributed by atoms with E-state index in [1.165, 1.54) is 5.69 Å². The summed E-state index contributed by atoms with van der Waals surface area (Å²) in [5.74, 6) is 3.93. The van der Waals surface area contributed by atoms with Crippen LogP contribution in [-0.4, -0.2) is 60.0 Å². The Morgan fingerprint density at radius 1 is 1.03 bits per heavy atom. The summed E-state index contributed by atoms with van der Waals surface area (Å²) < 4.78 is 16.4. The molecular weight excluding hydrogens is 380 g/mol. The van der Waals surface area contributed by atoms with Gasteiger partial charge < -0.3 is 29.7 Å². The highest BCUT2D eigenvalue weighted by Crippen LogP contribution is 2.31. The SMILES string of the molecule is CN=C(NCCOc1ccc(OC)cc1)NCC1CCN(c2ccccc2OC)C1. The van der Waals surface area contributed by atoms with Crippen molar-refractivity contribution in [2.24, 2.45) is 10.9 Å². The number of hydrogen-bond acceptors (Lipinski definition) is 5. The second-order valence-electron chi connectivity index (χ2n) is 7.18. The topological polar surface area (TPSA) is 67.4 Å². The number of benzene rings is 2. The minimum atomic E-state index is 0.554. The van der Waals surface area contributed by atoms with Gasteiger partial charge in [-0.2, -0.15) is 0 Å². The van der Waals surface area contributed by atoms with Gasteiger partial charge in [0, 0.05) is 26.7 Å². The quantitative estimate of drug-likeness (QED) is 0.375. The first-order chi connectivity index (χ1) is 14.7. The predicted octanol–water partition coefficient (Wildman–Crippen LogP) is 2.77. The van der Waals surface area contributed by atoms with Crippen molar-refractivity contribution in [1.29, 1.82) is 0 Å². The monoisotopic (exact) mass is 412 g/mol. The van der Waals surface area contributed by atoms with E-state index >= 15 is 0 Å². The molecule has 1 unspecified atom stereocenters. The molecule has 1 aliphatic rings. The zero-order chi connectivity index (χ0) is 21.2. The number of nitrogens with one attached hydrogen (secondary N) is 2. The summed E-state index contributed by atoms with van der Waals surface area (Å²) >= 11 is 0. The fraction of sp³-hybridized carbons (Fsp3) is 0.435. The highest BCUT2D eigenvalue weighted by molar-refractivity contribution is 5.79. The molecule has 0 aliphatic carbocycles. The molecule has 1 fully saturated rings. The smallest absolute Gasteiger partial charge is 0.191 e. The number of rotatable bonds is 9. The molecule has 30 heavy (non-hydrogen) atoms. The molecule has 2 aromatic rings. The Kier molecular flexibility index (Phi) is 8.06. The first-order valence-electron chi connectivity index (χ1n) is 10.3. The molecule has 0 radical (unpaired) electrons. The van der Waals surface area contributed by atoms with Crippen molar-refractivity contribution in [3.05, 3.63) is 48.5 Å². The molecule has 7 heteroatoms. The Balaban J connectivity index is 1.37. The van der Waals surface area contributed by atoms with Crippen LogP contribution in [0.2, 0.25) is 0 Å². The van der Waals surface area contributed by atoms with Crippen LogP contribution in [0.3, 0.4) is 0 Å². The summed E-state index contributed by atoms with van der Waals surface area (Å²) in [7, 11) is 5.16.